The summed E-state index contributed by atoms with van der Waals surface area (Å²) in [5, 5.41) is 0. The van der Waals surface area contributed by atoms with Crippen molar-refractivity contribution in [1.29, 1.82) is 0 Å². The van der Waals surface area contributed by atoms with Gasteiger partial charge in [-0.2, -0.15) is 0 Å². The number of hydrogen-bond donors (Lipinski definition) is 2. The van der Waals surface area contributed by atoms with Crippen LogP contribution in [-0.4, -0.2) is 13.2 Å². The second-order valence-corrected chi connectivity index (χ2v) is 4.34. The Kier molecular flexibility index (Phi) is 6.19. The predicted molar refractivity (Wildman–Crippen MR) is 71.4 cm³/mol. The van der Waals surface area contributed by atoms with Gasteiger partial charge >= 0.3 is 0 Å². The van der Waals surface area contributed by atoms with Crippen LogP contribution in [0, 0.1) is 5.92 Å². The molecule has 0 aliphatic heterocycles. The van der Waals surface area contributed by atoms with Gasteiger partial charge in [-0.3, -0.25) is 11.3 Å². The first-order valence-electron chi connectivity index (χ1n) is 6.32. The SMILES string of the molecule is CCC(CC)C(NN)C(OC)c1ccccc1. The molecule has 0 saturated heterocycles. The summed E-state index contributed by atoms with van der Waals surface area (Å²) >= 11 is 0. The first-order valence-corrected chi connectivity index (χ1v) is 6.32. The van der Waals surface area contributed by atoms with Gasteiger partial charge in [0.2, 0.25) is 0 Å². The van der Waals surface area contributed by atoms with Crippen molar-refractivity contribution in [3.63, 3.8) is 0 Å². The van der Waals surface area contributed by atoms with E-state index in [1.54, 1.807) is 7.11 Å². The van der Waals surface area contributed by atoms with E-state index >= 15 is 0 Å². The number of nitrogens with one attached hydrogen (secondary N) is 1. The van der Waals surface area contributed by atoms with Gasteiger partial charge in [0.05, 0.1) is 12.1 Å². The molecular formula is C14H24N2O. The fourth-order valence-corrected chi connectivity index (χ4v) is 2.40. The molecule has 0 saturated carbocycles. The van der Waals surface area contributed by atoms with Gasteiger partial charge in [-0.15, -0.1) is 0 Å². The van der Waals surface area contributed by atoms with Crippen LogP contribution in [0.2, 0.25) is 0 Å². The molecule has 0 heterocycles. The van der Waals surface area contributed by atoms with Gasteiger partial charge in [-0.25, -0.2) is 0 Å². The molecule has 0 fully saturated rings. The number of benzene rings is 1. The normalized spacial score (nSPS) is 14.9. The molecule has 0 aliphatic carbocycles. The van der Waals surface area contributed by atoms with E-state index in [1.807, 2.05) is 18.2 Å². The first kappa shape index (κ1) is 14.2. The van der Waals surface area contributed by atoms with Crippen LogP contribution in [0.1, 0.15) is 38.4 Å². The van der Waals surface area contributed by atoms with Gasteiger partial charge in [0, 0.05) is 7.11 Å². The summed E-state index contributed by atoms with van der Waals surface area (Å²) in [6.07, 6.45) is 2.20. The van der Waals surface area contributed by atoms with Crippen molar-refractivity contribution in [1.82, 2.24) is 5.43 Å². The van der Waals surface area contributed by atoms with Gasteiger partial charge in [0.15, 0.2) is 0 Å². The summed E-state index contributed by atoms with van der Waals surface area (Å²) in [5.74, 6) is 6.23. The van der Waals surface area contributed by atoms with Crippen molar-refractivity contribution in [3.05, 3.63) is 35.9 Å². The molecule has 0 spiro atoms. The molecule has 0 radical (unpaired) electrons. The van der Waals surface area contributed by atoms with E-state index in [4.69, 9.17) is 10.6 Å². The molecule has 3 heteroatoms. The summed E-state index contributed by atoms with van der Waals surface area (Å²) < 4.78 is 5.63. The van der Waals surface area contributed by atoms with Crippen molar-refractivity contribution in [2.75, 3.05) is 7.11 Å². The van der Waals surface area contributed by atoms with Crippen molar-refractivity contribution >= 4 is 0 Å². The summed E-state index contributed by atoms with van der Waals surface area (Å²) in [6, 6.07) is 10.4. The molecule has 0 bridgehead atoms. The Balaban J connectivity index is 2.91. The summed E-state index contributed by atoms with van der Waals surface area (Å²) in [5.41, 5.74) is 4.10. The summed E-state index contributed by atoms with van der Waals surface area (Å²) in [4.78, 5) is 0. The fourth-order valence-electron chi connectivity index (χ4n) is 2.40. The van der Waals surface area contributed by atoms with Crippen LogP contribution < -0.4 is 11.3 Å². The minimum atomic E-state index is 0.00565. The van der Waals surface area contributed by atoms with Gasteiger partial charge in [-0.1, -0.05) is 57.0 Å². The van der Waals surface area contributed by atoms with Crippen LogP contribution in [0.4, 0.5) is 0 Å². The van der Waals surface area contributed by atoms with Gasteiger partial charge in [0.1, 0.15) is 0 Å². The Bertz CT molecular complexity index is 298. The van der Waals surface area contributed by atoms with E-state index in [9.17, 15) is 0 Å². The molecule has 3 nitrogen and oxygen atoms in total. The van der Waals surface area contributed by atoms with Crippen LogP contribution in [0.15, 0.2) is 30.3 Å². The Morgan fingerprint density at radius 1 is 1.18 bits per heavy atom. The molecule has 1 aromatic carbocycles. The van der Waals surface area contributed by atoms with Crippen LogP contribution >= 0.6 is 0 Å². The van der Waals surface area contributed by atoms with E-state index in [0.717, 1.165) is 12.8 Å². The third kappa shape index (κ3) is 3.53. The van der Waals surface area contributed by atoms with E-state index in [0.29, 0.717) is 5.92 Å². The highest BCUT2D eigenvalue weighted by Gasteiger charge is 2.27. The largest absolute Gasteiger partial charge is 0.375 e. The monoisotopic (exact) mass is 236 g/mol. The molecular weight excluding hydrogens is 212 g/mol. The van der Waals surface area contributed by atoms with Crippen molar-refractivity contribution in [2.24, 2.45) is 11.8 Å². The number of rotatable bonds is 7. The number of ether oxygens (including phenoxy) is 1. The number of hydrazine groups is 1. The lowest BCUT2D eigenvalue weighted by Gasteiger charge is -2.31. The molecule has 0 aromatic heterocycles. The minimum Gasteiger partial charge on any atom is -0.375 e. The van der Waals surface area contributed by atoms with E-state index in [2.05, 4.69) is 31.4 Å². The Morgan fingerprint density at radius 3 is 2.18 bits per heavy atom. The lowest BCUT2D eigenvalue weighted by molar-refractivity contribution is 0.0443. The Hall–Kier alpha value is -0.900. The highest BCUT2D eigenvalue weighted by molar-refractivity contribution is 5.19. The number of hydrogen-bond acceptors (Lipinski definition) is 3. The topological polar surface area (TPSA) is 47.3 Å². The number of nitrogens with two attached hydrogens (primary N) is 1. The van der Waals surface area contributed by atoms with Crippen molar-refractivity contribution < 1.29 is 4.74 Å². The molecule has 2 atom stereocenters. The molecule has 17 heavy (non-hydrogen) atoms. The minimum absolute atomic E-state index is 0.00565. The molecule has 1 rings (SSSR count). The average Bonchev–Trinajstić information content (AvgIpc) is 2.40. The van der Waals surface area contributed by atoms with Crippen molar-refractivity contribution in [2.45, 2.75) is 38.8 Å². The zero-order chi connectivity index (χ0) is 12.7. The van der Waals surface area contributed by atoms with Crippen LogP contribution in [0.3, 0.4) is 0 Å². The highest BCUT2D eigenvalue weighted by Crippen LogP contribution is 2.27. The first-order chi connectivity index (χ1) is 8.28. The predicted octanol–water partition coefficient (Wildman–Crippen LogP) is 2.64. The second-order valence-electron chi connectivity index (χ2n) is 4.34. The lowest BCUT2D eigenvalue weighted by atomic mass is 9.87. The van der Waals surface area contributed by atoms with E-state index in [1.165, 1.54) is 5.56 Å². The van der Waals surface area contributed by atoms with Crippen LogP contribution in [0.25, 0.3) is 0 Å². The quantitative estimate of drug-likeness (QED) is 0.565. The standard InChI is InChI=1S/C14H24N2O/c1-4-11(5-2)13(16-15)14(17-3)12-9-7-6-8-10-12/h6-11,13-14,16H,4-5,15H2,1-3H3. The van der Waals surface area contributed by atoms with Crippen molar-refractivity contribution in [3.8, 4) is 0 Å². The Labute approximate surface area is 104 Å². The van der Waals surface area contributed by atoms with Gasteiger partial charge in [0.25, 0.3) is 0 Å². The molecule has 96 valence electrons. The zero-order valence-corrected chi connectivity index (χ0v) is 11.0. The average molecular weight is 236 g/mol. The van der Waals surface area contributed by atoms with E-state index < -0.39 is 0 Å². The summed E-state index contributed by atoms with van der Waals surface area (Å²) in [7, 11) is 1.74. The lowest BCUT2D eigenvalue weighted by Crippen LogP contribution is -2.45. The second kappa shape index (κ2) is 7.43. The molecule has 1 aromatic rings. The maximum absolute atomic E-state index is 5.71. The zero-order valence-electron chi connectivity index (χ0n) is 11.0. The van der Waals surface area contributed by atoms with E-state index in [-0.39, 0.29) is 12.1 Å². The van der Waals surface area contributed by atoms with Gasteiger partial charge in [-0.05, 0) is 11.5 Å². The fraction of sp³-hybridized carbons (Fsp3) is 0.571. The smallest absolute Gasteiger partial charge is 0.0990 e. The number of methoxy groups -OCH3 is 1. The summed E-state index contributed by atoms with van der Waals surface area (Å²) in [6.45, 7) is 4.38. The third-order valence-corrected chi connectivity index (χ3v) is 3.46. The van der Waals surface area contributed by atoms with Crippen LogP contribution in [0.5, 0.6) is 0 Å². The van der Waals surface area contributed by atoms with Gasteiger partial charge < -0.3 is 4.74 Å². The third-order valence-electron chi connectivity index (χ3n) is 3.46. The maximum Gasteiger partial charge on any atom is 0.0990 e. The maximum atomic E-state index is 5.71. The highest BCUT2D eigenvalue weighted by atomic mass is 16.5. The molecule has 0 amide bonds. The molecule has 0 aliphatic rings. The molecule has 2 unspecified atom stereocenters. The molecule has 3 N–H and O–H groups in total. The van der Waals surface area contributed by atoms with Crippen LogP contribution in [-0.2, 0) is 4.74 Å². The Morgan fingerprint density at radius 2 is 1.76 bits per heavy atom.